The van der Waals surface area contributed by atoms with Crippen LogP contribution in [0.15, 0.2) is 84.3 Å². The van der Waals surface area contributed by atoms with E-state index < -0.39 is 0 Å². The topological polar surface area (TPSA) is 81.9 Å². The minimum absolute atomic E-state index is 0.0876. The quantitative estimate of drug-likeness (QED) is 0.292. The van der Waals surface area contributed by atoms with Gasteiger partial charge in [-0.25, -0.2) is 0 Å². The number of aromatic nitrogens is 4. The highest BCUT2D eigenvalue weighted by molar-refractivity contribution is 7.99. The number of nitrogens with one attached hydrogen (secondary N) is 1. The Morgan fingerprint density at radius 2 is 1.63 bits per heavy atom. The van der Waals surface area contributed by atoms with Crippen LogP contribution in [-0.2, 0) is 4.79 Å². The smallest absolute Gasteiger partial charge is 0.234 e. The summed E-state index contributed by atoms with van der Waals surface area (Å²) in [4.78, 5) is 16.8. The monoisotopic (exact) mass is 485 g/mol. The van der Waals surface area contributed by atoms with Crippen LogP contribution in [-0.4, -0.2) is 31.4 Å². The molecular formula is C27H27N5O2S. The second-order valence-electron chi connectivity index (χ2n) is 8.48. The van der Waals surface area contributed by atoms with Gasteiger partial charge in [0.25, 0.3) is 0 Å². The van der Waals surface area contributed by atoms with Crippen LogP contribution < -0.4 is 10.1 Å². The maximum atomic E-state index is 12.7. The predicted molar refractivity (Wildman–Crippen MR) is 138 cm³/mol. The number of nitrogens with zero attached hydrogens (tertiary/aromatic N) is 4. The average Bonchev–Trinajstić information content (AvgIpc) is 3.34. The number of pyridine rings is 1. The number of anilines is 1. The van der Waals surface area contributed by atoms with E-state index in [1.54, 1.807) is 12.4 Å². The molecule has 0 unspecified atom stereocenters. The van der Waals surface area contributed by atoms with E-state index in [2.05, 4.69) is 25.1 Å². The molecule has 0 spiro atoms. The Kier molecular flexibility index (Phi) is 7.38. The van der Waals surface area contributed by atoms with Crippen molar-refractivity contribution in [2.24, 2.45) is 0 Å². The minimum Gasteiger partial charge on any atom is -0.457 e. The van der Waals surface area contributed by atoms with Crippen molar-refractivity contribution >= 4 is 23.4 Å². The zero-order valence-electron chi connectivity index (χ0n) is 19.3. The number of hydrogen-bond donors (Lipinski definition) is 1. The van der Waals surface area contributed by atoms with E-state index in [9.17, 15) is 4.79 Å². The number of benzene rings is 2. The Morgan fingerprint density at radius 1 is 0.914 bits per heavy atom. The molecule has 2 heterocycles. The van der Waals surface area contributed by atoms with Crippen LogP contribution in [0.2, 0.25) is 0 Å². The van der Waals surface area contributed by atoms with Crippen molar-refractivity contribution in [3.8, 4) is 22.9 Å². The van der Waals surface area contributed by atoms with Gasteiger partial charge >= 0.3 is 0 Å². The first-order chi connectivity index (χ1) is 17.3. The van der Waals surface area contributed by atoms with Crippen LogP contribution in [0.25, 0.3) is 11.4 Å². The summed E-state index contributed by atoms with van der Waals surface area (Å²) in [6.45, 7) is 0. The van der Waals surface area contributed by atoms with Crippen molar-refractivity contribution in [3.63, 3.8) is 0 Å². The van der Waals surface area contributed by atoms with Crippen molar-refractivity contribution in [3.05, 3.63) is 79.1 Å². The van der Waals surface area contributed by atoms with E-state index in [0.717, 1.165) is 40.8 Å². The van der Waals surface area contributed by atoms with Gasteiger partial charge < -0.3 is 10.1 Å². The molecule has 1 N–H and O–H groups in total. The summed E-state index contributed by atoms with van der Waals surface area (Å²) in [5.41, 5.74) is 1.72. The number of para-hydroxylation sites is 1. The fraction of sp³-hybridized carbons (Fsp3) is 0.259. The maximum Gasteiger partial charge on any atom is 0.234 e. The van der Waals surface area contributed by atoms with Gasteiger partial charge in [0.1, 0.15) is 11.5 Å². The number of carbonyl (C=O) groups is 1. The van der Waals surface area contributed by atoms with Gasteiger partial charge in [0.2, 0.25) is 5.91 Å². The fourth-order valence-electron chi connectivity index (χ4n) is 4.30. The Balaban J connectivity index is 1.23. The molecule has 2 aromatic heterocycles. The number of rotatable bonds is 8. The Labute approximate surface area is 209 Å². The van der Waals surface area contributed by atoms with E-state index in [4.69, 9.17) is 4.74 Å². The number of hydrogen-bond acceptors (Lipinski definition) is 6. The van der Waals surface area contributed by atoms with Crippen molar-refractivity contribution in [1.29, 1.82) is 0 Å². The van der Waals surface area contributed by atoms with Crippen molar-refractivity contribution in [2.75, 3.05) is 11.1 Å². The molecule has 0 aliphatic heterocycles. The summed E-state index contributed by atoms with van der Waals surface area (Å²) in [7, 11) is 0. The Hall–Kier alpha value is -3.65. The van der Waals surface area contributed by atoms with E-state index in [0.29, 0.717) is 11.8 Å². The number of thioether (sulfide) groups is 1. The number of ether oxygens (including phenoxy) is 1. The lowest BCUT2D eigenvalue weighted by Crippen LogP contribution is -2.17. The molecule has 0 radical (unpaired) electrons. The minimum atomic E-state index is -0.0876. The van der Waals surface area contributed by atoms with Crippen molar-refractivity contribution in [1.82, 2.24) is 19.7 Å². The summed E-state index contributed by atoms with van der Waals surface area (Å²) in [5.74, 6) is 2.50. The summed E-state index contributed by atoms with van der Waals surface area (Å²) in [6, 6.07) is 21.2. The summed E-state index contributed by atoms with van der Waals surface area (Å²) >= 11 is 1.43. The average molecular weight is 486 g/mol. The summed E-state index contributed by atoms with van der Waals surface area (Å²) in [6.07, 6.45) is 9.42. The van der Waals surface area contributed by atoms with Crippen LogP contribution in [0, 0.1) is 0 Å². The lowest BCUT2D eigenvalue weighted by atomic mass is 9.95. The summed E-state index contributed by atoms with van der Waals surface area (Å²) < 4.78 is 8.04. The molecule has 7 nitrogen and oxygen atoms in total. The zero-order chi connectivity index (χ0) is 23.9. The fourth-order valence-corrected chi connectivity index (χ4v) is 5.11. The standard InChI is InChI=1S/C27H27N5O2S/c33-25(29-21-11-13-24(14-12-21)34-23-9-5-2-6-10-23)19-35-27-31-30-26(20-15-17-28-18-16-20)32(27)22-7-3-1-4-8-22/h2,5-6,9-18,22H,1,3-4,7-8,19H2,(H,29,33). The first-order valence-electron chi connectivity index (χ1n) is 11.9. The van der Waals surface area contributed by atoms with Crippen LogP contribution in [0.1, 0.15) is 38.1 Å². The maximum absolute atomic E-state index is 12.7. The third-order valence-electron chi connectivity index (χ3n) is 5.99. The molecule has 1 aliphatic carbocycles. The normalized spacial score (nSPS) is 13.9. The molecule has 5 rings (SSSR count). The second-order valence-corrected chi connectivity index (χ2v) is 9.42. The van der Waals surface area contributed by atoms with E-state index in [1.165, 1.54) is 31.0 Å². The van der Waals surface area contributed by atoms with Gasteiger partial charge in [-0.2, -0.15) is 0 Å². The molecule has 1 aliphatic rings. The SMILES string of the molecule is O=C(CSc1nnc(-c2ccncc2)n1C1CCCCC1)Nc1ccc(Oc2ccccc2)cc1. The van der Waals surface area contributed by atoms with E-state index >= 15 is 0 Å². The van der Waals surface area contributed by atoms with Gasteiger partial charge in [0.15, 0.2) is 11.0 Å². The molecule has 0 saturated heterocycles. The zero-order valence-corrected chi connectivity index (χ0v) is 20.2. The summed E-state index contributed by atoms with van der Waals surface area (Å²) in [5, 5.41) is 12.7. The second kappa shape index (κ2) is 11.2. The van der Waals surface area contributed by atoms with Crippen LogP contribution in [0.5, 0.6) is 11.5 Å². The highest BCUT2D eigenvalue weighted by atomic mass is 32.2. The first-order valence-corrected chi connectivity index (χ1v) is 12.9. The number of amides is 1. The molecule has 1 amide bonds. The Bertz CT molecular complexity index is 1240. The predicted octanol–water partition coefficient (Wildman–Crippen LogP) is 6.37. The third kappa shape index (κ3) is 5.89. The molecule has 178 valence electrons. The highest BCUT2D eigenvalue weighted by Crippen LogP contribution is 2.35. The van der Waals surface area contributed by atoms with Gasteiger partial charge in [-0.1, -0.05) is 49.2 Å². The van der Waals surface area contributed by atoms with Gasteiger partial charge in [0, 0.05) is 29.7 Å². The van der Waals surface area contributed by atoms with Gasteiger partial charge in [0.05, 0.1) is 5.75 Å². The molecule has 8 heteroatoms. The van der Waals surface area contributed by atoms with Gasteiger partial charge in [-0.05, 0) is 61.4 Å². The lowest BCUT2D eigenvalue weighted by Gasteiger charge is -2.25. The van der Waals surface area contributed by atoms with Crippen LogP contribution in [0.4, 0.5) is 5.69 Å². The lowest BCUT2D eigenvalue weighted by molar-refractivity contribution is -0.113. The first kappa shape index (κ1) is 23.1. The third-order valence-corrected chi connectivity index (χ3v) is 6.94. The largest absolute Gasteiger partial charge is 0.457 e. The number of carbonyl (C=O) groups excluding carboxylic acids is 1. The molecule has 35 heavy (non-hydrogen) atoms. The van der Waals surface area contributed by atoms with E-state index in [-0.39, 0.29) is 11.7 Å². The van der Waals surface area contributed by atoms with Gasteiger partial charge in [-0.15, -0.1) is 10.2 Å². The van der Waals surface area contributed by atoms with Crippen molar-refractivity contribution < 1.29 is 9.53 Å². The van der Waals surface area contributed by atoms with Crippen LogP contribution in [0.3, 0.4) is 0 Å². The van der Waals surface area contributed by atoms with Gasteiger partial charge in [-0.3, -0.25) is 14.3 Å². The molecule has 1 saturated carbocycles. The highest BCUT2D eigenvalue weighted by Gasteiger charge is 2.24. The molecule has 0 atom stereocenters. The van der Waals surface area contributed by atoms with E-state index in [1.807, 2.05) is 66.7 Å². The molecule has 4 aromatic rings. The van der Waals surface area contributed by atoms with Crippen LogP contribution >= 0.6 is 11.8 Å². The molecular weight excluding hydrogens is 458 g/mol. The molecule has 0 bridgehead atoms. The molecule has 2 aromatic carbocycles. The Morgan fingerprint density at radius 3 is 2.37 bits per heavy atom. The van der Waals surface area contributed by atoms with Crippen molar-refractivity contribution in [2.45, 2.75) is 43.3 Å². The molecule has 1 fully saturated rings.